The molecule has 6 nitrogen and oxygen atoms in total. The predicted molar refractivity (Wildman–Crippen MR) is 95.8 cm³/mol. The van der Waals surface area contributed by atoms with Gasteiger partial charge in [0.1, 0.15) is 11.3 Å². The van der Waals surface area contributed by atoms with E-state index < -0.39 is 0 Å². The minimum absolute atomic E-state index is 0.0511. The molecule has 1 amide bonds. The van der Waals surface area contributed by atoms with E-state index in [0.29, 0.717) is 17.8 Å². The number of carbonyl (C=O) groups excluding carboxylic acids is 1. The van der Waals surface area contributed by atoms with Gasteiger partial charge in [-0.15, -0.1) is 0 Å². The second kappa shape index (κ2) is 6.77. The van der Waals surface area contributed by atoms with E-state index in [9.17, 15) is 4.79 Å². The third-order valence-electron chi connectivity index (χ3n) is 5.38. The molecule has 6 heteroatoms. The zero-order valence-electron chi connectivity index (χ0n) is 15.0. The van der Waals surface area contributed by atoms with Gasteiger partial charge >= 0.3 is 0 Å². The first-order valence-electron chi connectivity index (χ1n) is 9.20. The Morgan fingerprint density at radius 1 is 1.28 bits per heavy atom. The van der Waals surface area contributed by atoms with Crippen molar-refractivity contribution >= 4 is 11.6 Å². The van der Waals surface area contributed by atoms with Crippen molar-refractivity contribution in [1.82, 2.24) is 19.2 Å². The van der Waals surface area contributed by atoms with Crippen LogP contribution in [0.4, 0.5) is 0 Å². The first-order valence-corrected chi connectivity index (χ1v) is 9.20. The highest BCUT2D eigenvalue weighted by Gasteiger charge is 2.30. The summed E-state index contributed by atoms with van der Waals surface area (Å²) in [6.45, 7) is 8.62. The fourth-order valence-electron chi connectivity index (χ4n) is 3.96. The Balaban J connectivity index is 1.40. The van der Waals surface area contributed by atoms with Gasteiger partial charge in [0.15, 0.2) is 0 Å². The molecule has 2 aromatic rings. The molecule has 0 aromatic carbocycles. The third kappa shape index (κ3) is 3.41. The van der Waals surface area contributed by atoms with Crippen molar-refractivity contribution in [2.75, 3.05) is 32.8 Å². The number of imidazole rings is 1. The molecule has 0 N–H and O–H groups in total. The zero-order chi connectivity index (χ0) is 17.4. The van der Waals surface area contributed by atoms with Crippen molar-refractivity contribution in [1.29, 1.82) is 0 Å². The Kier molecular flexibility index (Phi) is 4.48. The number of hydrogen-bond donors (Lipinski definition) is 0. The van der Waals surface area contributed by atoms with Gasteiger partial charge in [-0.25, -0.2) is 4.98 Å². The van der Waals surface area contributed by atoms with E-state index >= 15 is 0 Å². The van der Waals surface area contributed by atoms with E-state index in [4.69, 9.17) is 4.74 Å². The maximum absolute atomic E-state index is 12.8. The Morgan fingerprint density at radius 2 is 2.08 bits per heavy atom. The third-order valence-corrected chi connectivity index (χ3v) is 5.38. The number of morpholine rings is 1. The lowest BCUT2D eigenvalue weighted by atomic mass is 10.0. The van der Waals surface area contributed by atoms with Crippen LogP contribution in [0.1, 0.15) is 35.8 Å². The number of amides is 1. The van der Waals surface area contributed by atoms with Gasteiger partial charge in [0, 0.05) is 44.6 Å². The quantitative estimate of drug-likeness (QED) is 0.837. The van der Waals surface area contributed by atoms with Crippen LogP contribution in [0.3, 0.4) is 0 Å². The number of aryl methyl sites for hydroxylation is 1. The van der Waals surface area contributed by atoms with Crippen molar-refractivity contribution in [2.45, 2.75) is 38.8 Å². The molecule has 2 aliphatic heterocycles. The van der Waals surface area contributed by atoms with Crippen molar-refractivity contribution in [3.05, 3.63) is 35.8 Å². The van der Waals surface area contributed by atoms with E-state index in [2.05, 4.69) is 16.8 Å². The molecule has 0 saturated carbocycles. The predicted octanol–water partition coefficient (Wildman–Crippen LogP) is 1.97. The number of hydrogen-bond acceptors (Lipinski definition) is 4. The summed E-state index contributed by atoms with van der Waals surface area (Å²) in [4.78, 5) is 21.8. The number of likely N-dealkylation sites (tertiary alicyclic amines) is 1. The molecule has 4 heterocycles. The highest BCUT2D eigenvalue weighted by atomic mass is 16.5. The number of ether oxygens (including phenoxy) is 1. The van der Waals surface area contributed by atoms with Gasteiger partial charge in [-0.3, -0.25) is 9.69 Å². The van der Waals surface area contributed by atoms with Gasteiger partial charge in [-0.05, 0) is 44.4 Å². The molecule has 0 radical (unpaired) electrons. The Morgan fingerprint density at radius 3 is 2.84 bits per heavy atom. The molecule has 0 bridgehead atoms. The second-order valence-electron chi connectivity index (χ2n) is 7.30. The number of carbonyl (C=O) groups is 1. The second-order valence-corrected chi connectivity index (χ2v) is 7.30. The maximum Gasteiger partial charge on any atom is 0.274 e. The van der Waals surface area contributed by atoms with Crippen LogP contribution in [0, 0.1) is 6.92 Å². The van der Waals surface area contributed by atoms with E-state index in [1.807, 2.05) is 40.8 Å². The number of nitrogens with zero attached hydrogens (tertiary/aromatic N) is 4. The molecule has 1 atom stereocenters. The molecular formula is C19H26N4O2. The molecule has 2 aliphatic rings. The van der Waals surface area contributed by atoms with E-state index in [1.54, 1.807) is 0 Å². The summed E-state index contributed by atoms with van der Waals surface area (Å²) in [6, 6.07) is 4.60. The van der Waals surface area contributed by atoms with Gasteiger partial charge in [0.05, 0.1) is 12.7 Å². The van der Waals surface area contributed by atoms with Gasteiger partial charge < -0.3 is 14.0 Å². The van der Waals surface area contributed by atoms with Crippen LogP contribution in [0.2, 0.25) is 0 Å². The number of fused-ring (bicyclic) bond motifs is 1. The maximum atomic E-state index is 12.8. The Labute approximate surface area is 148 Å². The monoisotopic (exact) mass is 342 g/mol. The first kappa shape index (κ1) is 16.5. The molecule has 0 aliphatic carbocycles. The van der Waals surface area contributed by atoms with Crippen LogP contribution in [-0.4, -0.2) is 70.0 Å². The van der Waals surface area contributed by atoms with Gasteiger partial charge in [-0.2, -0.15) is 0 Å². The lowest BCUT2D eigenvalue weighted by Gasteiger charge is -2.41. The normalized spacial score (nSPS) is 23.3. The lowest BCUT2D eigenvalue weighted by Crippen LogP contribution is -2.51. The van der Waals surface area contributed by atoms with E-state index in [0.717, 1.165) is 56.8 Å². The number of aromatic nitrogens is 2. The van der Waals surface area contributed by atoms with Crippen molar-refractivity contribution in [3.8, 4) is 0 Å². The fraction of sp³-hybridized carbons (Fsp3) is 0.579. The van der Waals surface area contributed by atoms with E-state index in [-0.39, 0.29) is 5.91 Å². The molecule has 0 spiro atoms. The van der Waals surface area contributed by atoms with Crippen molar-refractivity contribution in [3.63, 3.8) is 0 Å². The summed E-state index contributed by atoms with van der Waals surface area (Å²) < 4.78 is 7.56. The minimum atomic E-state index is 0.0511. The Bertz CT molecular complexity index is 764. The van der Waals surface area contributed by atoms with Gasteiger partial charge in [0.25, 0.3) is 5.91 Å². The summed E-state index contributed by atoms with van der Waals surface area (Å²) in [6.07, 6.45) is 6.18. The average Bonchev–Trinajstić information content (AvgIpc) is 3.04. The van der Waals surface area contributed by atoms with Crippen LogP contribution in [-0.2, 0) is 4.74 Å². The molecular weight excluding hydrogens is 316 g/mol. The van der Waals surface area contributed by atoms with E-state index in [1.165, 1.54) is 0 Å². The first-order chi connectivity index (χ1) is 12.1. The van der Waals surface area contributed by atoms with Crippen molar-refractivity contribution in [2.24, 2.45) is 0 Å². The summed E-state index contributed by atoms with van der Waals surface area (Å²) in [5, 5.41) is 0. The molecule has 2 aromatic heterocycles. The SMILES string of the molecule is Cc1ccn2cc(C(=O)N3CCC(N4CCOC(C)C4)CC3)nc2c1. The highest BCUT2D eigenvalue weighted by Crippen LogP contribution is 2.21. The highest BCUT2D eigenvalue weighted by molar-refractivity contribution is 5.93. The molecule has 1 unspecified atom stereocenters. The molecule has 25 heavy (non-hydrogen) atoms. The van der Waals surface area contributed by atoms with Crippen LogP contribution in [0.15, 0.2) is 24.5 Å². The standard InChI is InChI=1S/C19H26N4O2/c1-14-3-6-23-13-17(20-18(23)11-14)19(24)21-7-4-16(5-8-21)22-9-10-25-15(2)12-22/h3,6,11,13,15-16H,4-5,7-10,12H2,1-2H3. The molecule has 4 rings (SSSR count). The number of piperidine rings is 1. The Hall–Kier alpha value is -1.92. The van der Waals surface area contributed by atoms with Crippen LogP contribution < -0.4 is 0 Å². The summed E-state index contributed by atoms with van der Waals surface area (Å²) in [5.74, 6) is 0.0511. The van der Waals surface area contributed by atoms with Crippen LogP contribution >= 0.6 is 0 Å². The van der Waals surface area contributed by atoms with Gasteiger partial charge in [-0.1, -0.05) is 0 Å². The van der Waals surface area contributed by atoms with Gasteiger partial charge in [0.2, 0.25) is 0 Å². The number of rotatable bonds is 2. The molecule has 134 valence electrons. The van der Waals surface area contributed by atoms with Crippen molar-refractivity contribution < 1.29 is 9.53 Å². The minimum Gasteiger partial charge on any atom is -0.376 e. The largest absolute Gasteiger partial charge is 0.376 e. The molecule has 2 saturated heterocycles. The lowest BCUT2D eigenvalue weighted by molar-refractivity contribution is -0.0423. The smallest absolute Gasteiger partial charge is 0.274 e. The summed E-state index contributed by atoms with van der Waals surface area (Å²) in [5.41, 5.74) is 2.53. The van der Waals surface area contributed by atoms with Crippen LogP contribution in [0.5, 0.6) is 0 Å². The number of pyridine rings is 1. The summed E-state index contributed by atoms with van der Waals surface area (Å²) >= 11 is 0. The summed E-state index contributed by atoms with van der Waals surface area (Å²) in [7, 11) is 0. The zero-order valence-corrected chi connectivity index (χ0v) is 15.0. The van der Waals surface area contributed by atoms with Crippen LogP contribution in [0.25, 0.3) is 5.65 Å². The fourth-order valence-corrected chi connectivity index (χ4v) is 3.96. The topological polar surface area (TPSA) is 50.1 Å². The molecule has 2 fully saturated rings. The average molecular weight is 342 g/mol.